The van der Waals surface area contributed by atoms with Crippen LogP contribution in [0.15, 0.2) is 107 Å². The second kappa shape index (κ2) is 10.7. The van der Waals surface area contributed by atoms with E-state index < -0.39 is 10.0 Å². The Morgan fingerprint density at radius 2 is 1.73 bits per heavy atom. The fourth-order valence-electron chi connectivity index (χ4n) is 2.81. The van der Waals surface area contributed by atoms with E-state index in [1.54, 1.807) is 42.5 Å². The molecule has 0 heterocycles. The van der Waals surface area contributed by atoms with Gasteiger partial charge in [-0.1, -0.05) is 48.5 Å². The van der Waals surface area contributed by atoms with E-state index in [1.165, 1.54) is 19.4 Å². The van der Waals surface area contributed by atoms with Crippen LogP contribution >= 0.6 is 11.6 Å². The first-order valence-electron chi connectivity index (χ1n) is 9.76. The number of aliphatic imine (C=N–C) groups is 1. The number of sulfonamides is 1. The molecule has 0 aliphatic carbocycles. The molecule has 0 fully saturated rings. The molecule has 3 aromatic carbocycles. The zero-order valence-corrected chi connectivity index (χ0v) is 19.4. The van der Waals surface area contributed by atoms with Gasteiger partial charge in [0.05, 0.1) is 7.11 Å². The van der Waals surface area contributed by atoms with Crippen molar-refractivity contribution in [2.45, 2.75) is 4.90 Å². The predicted molar refractivity (Wildman–Crippen MR) is 134 cm³/mol. The van der Waals surface area contributed by atoms with Crippen LogP contribution in [0.5, 0.6) is 5.75 Å². The highest BCUT2D eigenvalue weighted by Crippen LogP contribution is 2.29. The maximum Gasteiger partial charge on any atom is 0.265 e. The van der Waals surface area contributed by atoms with Gasteiger partial charge in [0.2, 0.25) is 0 Å². The number of methoxy groups -OCH3 is 1. The maximum atomic E-state index is 13.0. The highest BCUT2D eigenvalue weighted by Gasteiger charge is 2.20. The smallest absolute Gasteiger partial charge is 0.265 e. The summed E-state index contributed by atoms with van der Waals surface area (Å²) in [5.41, 5.74) is 8.13. The standard InChI is InChI=1S/C24H23ClN4O3S/c1-17(14-15-27-24(26)18-6-4-3-5-7-18)28-21-12-13-22(32-2)23(16-21)33(30,31)29-20-10-8-19(25)9-11-20/h3-16,28-29H,1H2,2H3,(H2,26,27)/b15-14+. The number of amidine groups is 1. The molecule has 3 aromatic rings. The van der Waals surface area contributed by atoms with E-state index in [2.05, 4.69) is 21.6 Å². The highest BCUT2D eigenvalue weighted by molar-refractivity contribution is 7.92. The molecule has 0 spiro atoms. The minimum absolute atomic E-state index is 0.0342. The third-order valence-corrected chi connectivity index (χ3v) is 6.07. The number of halogens is 1. The number of rotatable bonds is 9. The Hall–Kier alpha value is -3.75. The van der Waals surface area contributed by atoms with Crippen LogP contribution in [-0.4, -0.2) is 21.4 Å². The predicted octanol–water partition coefficient (Wildman–Crippen LogP) is 4.99. The van der Waals surface area contributed by atoms with E-state index in [9.17, 15) is 8.42 Å². The lowest BCUT2D eigenvalue weighted by Crippen LogP contribution is -2.14. The van der Waals surface area contributed by atoms with Crippen LogP contribution < -0.4 is 20.5 Å². The molecule has 0 aliphatic heterocycles. The van der Waals surface area contributed by atoms with Crippen LogP contribution in [0.3, 0.4) is 0 Å². The summed E-state index contributed by atoms with van der Waals surface area (Å²) in [7, 11) is -2.53. The molecular weight excluding hydrogens is 460 g/mol. The molecule has 0 amide bonds. The molecule has 9 heteroatoms. The average Bonchev–Trinajstić information content (AvgIpc) is 2.81. The number of hydrogen-bond donors (Lipinski definition) is 3. The zero-order valence-electron chi connectivity index (χ0n) is 17.8. The van der Waals surface area contributed by atoms with Crippen LogP contribution in [-0.2, 0) is 10.0 Å². The molecule has 0 aliphatic rings. The number of hydrogen-bond acceptors (Lipinski definition) is 5. The summed E-state index contributed by atoms with van der Waals surface area (Å²) in [6.45, 7) is 3.91. The first kappa shape index (κ1) is 23.9. The fraction of sp³-hybridized carbons (Fsp3) is 0.0417. The van der Waals surface area contributed by atoms with Gasteiger partial charge in [-0.25, -0.2) is 13.4 Å². The van der Waals surface area contributed by atoms with Gasteiger partial charge in [-0.05, 0) is 48.5 Å². The number of nitrogens with one attached hydrogen (secondary N) is 2. The Morgan fingerprint density at radius 1 is 1.06 bits per heavy atom. The minimum atomic E-state index is -3.93. The van der Waals surface area contributed by atoms with Crippen molar-refractivity contribution in [2.75, 3.05) is 17.1 Å². The van der Waals surface area contributed by atoms with Gasteiger partial charge in [0.15, 0.2) is 0 Å². The number of allylic oxidation sites excluding steroid dienone is 1. The summed E-state index contributed by atoms with van der Waals surface area (Å²) < 4.78 is 33.7. The lowest BCUT2D eigenvalue weighted by Gasteiger charge is -2.14. The monoisotopic (exact) mass is 482 g/mol. The second-order valence-corrected chi connectivity index (χ2v) is 8.91. The Bertz CT molecular complexity index is 1290. The number of benzene rings is 3. The van der Waals surface area contributed by atoms with Gasteiger partial charge in [0.1, 0.15) is 16.5 Å². The molecule has 0 radical (unpaired) electrons. The van der Waals surface area contributed by atoms with Gasteiger partial charge < -0.3 is 15.8 Å². The first-order valence-corrected chi connectivity index (χ1v) is 11.6. The van der Waals surface area contributed by atoms with Gasteiger partial charge in [-0.2, -0.15) is 0 Å². The minimum Gasteiger partial charge on any atom is -0.495 e. The third kappa shape index (κ3) is 6.61. The van der Waals surface area contributed by atoms with Gasteiger partial charge in [0.25, 0.3) is 10.0 Å². The molecule has 3 rings (SSSR count). The molecule has 7 nitrogen and oxygen atoms in total. The van der Waals surface area contributed by atoms with E-state index in [0.717, 1.165) is 5.56 Å². The summed E-state index contributed by atoms with van der Waals surface area (Å²) >= 11 is 5.87. The summed E-state index contributed by atoms with van der Waals surface area (Å²) in [6, 6.07) is 20.4. The first-order chi connectivity index (χ1) is 15.8. The second-order valence-electron chi connectivity index (χ2n) is 6.82. The van der Waals surface area contributed by atoms with Gasteiger partial charge in [-0.3, -0.25) is 4.72 Å². The Kier molecular flexibility index (Phi) is 7.76. The molecule has 0 saturated carbocycles. The largest absolute Gasteiger partial charge is 0.495 e. The lowest BCUT2D eigenvalue weighted by molar-refractivity contribution is 0.403. The SMILES string of the molecule is C=C(/C=C/N=C(\N)c1ccccc1)Nc1ccc(OC)c(S(=O)(=O)Nc2ccc(Cl)cc2)c1. The summed E-state index contributed by atoms with van der Waals surface area (Å²) in [6.07, 6.45) is 3.14. The van der Waals surface area contributed by atoms with Crippen LogP contribution in [0.25, 0.3) is 0 Å². The topological polar surface area (TPSA) is 106 Å². The fourth-order valence-corrected chi connectivity index (χ4v) is 4.19. The summed E-state index contributed by atoms with van der Waals surface area (Å²) in [4.78, 5) is 4.16. The number of nitrogens with zero attached hydrogens (tertiary/aromatic N) is 1. The van der Waals surface area contributed by atoms with Crippen LogP contribution in [0.4, 0.5) is 11.4 Å². The molecular formula is C24H23ClN4O3S. The lowest BCUT2D eigenvalue weighted by atomic mass is 10.2. The number of nitrogens with two attached hydrogens (primary N) is 1. The maximum absolute atomic E-state index is 13.0. The summed E-state index contributed by atoms with van der Waals surface area (Å²) in [5.74, 6) is 0.564. The Balaban J connectivity index is 1.76. The van der Waals surface area contributed by atoms with Gasteiger partial charge in [0, 0.05) is 33.9 Å². The average molecular weight is 483 g/mol. The molecule has 0 aromatic heterocycles. The van der Waals surface area contributed by atoms with E-state index in [1.807, 2.05) is 30.3 Å². The van der Waals surface area contributed by atoms with E-state index in [-0.39, 0.29) is 10.6 Å². The van der Waals surface area contributed by atoms with E-state index in [4.69, 9.17) is 22.1 Å². The quantitative estimate of drug-likeness (QED) is 0.226. The molecule has 33 heavy (non-hydrogen) atoms. The Morgan fingerprint density at radius 3 is 2.39 bits per heavy atom. The molecule has 0 atom stereocenters. The third-order valence-electron chi connectivity index (χ3n) is 4.41. The van der Waals surface area contributed by atoms with Crippen molar-refractivity contribution in [2.24, 2.45) is 10.7 Å². The van der Waals surface area contributed by atoms with Crippen LogP contribution in [0, 0.1) is 0 Å². The van der Waals surface area contributed by atoms with Crippen molar-refractivity contribution >= 4 is 38.8 Å². The number of anilines is 2. The van der Waals surface area contributed by atoms with Crippen molar-refractivity contribution in [3.8, 4) is 5.75 Å². The van der Waals surface area contributed by atoms with Crippen LogP contribution in [0.1, 0.15) is 5.56 Å². The van der Waals surface area contributed by atoms with Gasteiger partial charge >= 0.3 is 0 Å². The molecule has 0 bridgehead atoms. The zero-order chi connectivity index (χ0) is 23.8. The van der Waals surface area contributed by atoms with Crippen molar-refractivity contribution in [3.63, 3.8) is 0 Å². The van der Waals surface area contributed by atoms with Gasteiger partial charge in [-0.15, -0.1) is 0 Å². The van der Waals surface area contributed by atoms with Crippen LogP contribution in [0.2, 0.25) is 5.02 Å². The van der Waals surface area contributed by atoms with Crippen molar-refractivity contribution in [1.29, 1.82) is 0 Å². The summed E-state index contributed by atoms with van der Waals surface area (Å²) in [5, 5.41) is 3.54. The normalized spacial score (nSPS) is 11.9. The highest BCUT2D eigenvalue weighted by atomic mass is 35.5. The van der Waals surface area contributed by atoms with E-state index >= 15 is 0 Å². The van der Waals surface area contributed by atoms with Crippen molar-refractivity contribution < 1.29 is 13.2 Å². The molecule has 0 unspecified atom stereocenters. The van der Waals surface area contributed by atoms with Crippen molar-refractivity contribution in [1.82, 2.24) is 0 Å². The molecule has 4 N–H and O–H groups in total. The van der Waals surface area contributed by atoms with Crippen molar-refractivity contribution in [3.05, 3.63) is 108 Å². The molecule has 170 valence electrons. The van der Waals surface area contributed by atoms with E-state index in [0.29, 0.717) is 27.9 Å². The molecule has 0 saturated heterocycles. The Labute approximate surface area is 198 Å². The number of ether oxygens (including phenoxy) is 1.